The summed E-state index contributed by atoms with van der Waals surface area (Å²) in [6, 6.07) is 0. The molecule has 0 aliphatic rings. The summed E-state index contributed by atoms with van der Waals surface area (Å²) < 4.78 is 0. The average molecular weight is 717 g/mol. The highest BCUT2D eigenvalue weighted by molar-refractivity contribution is 5.70. The quantitative estimate of drug-likeness (QED) is 0.0515. The molecule has 0 saturated heterocycles. The van der Waals surface area contributed by atoms with Crippen LogP contribution in [0.1, 0.15) is 235 Å². The molecule has 0 fully saturated rings. The van der Waals surface area contributed by atoms with Gasteiger partial charge in [0.1, 0.15) is 0 Å². The maximum Gasteiger partial charge on any atom is 0.306 e. The molecule has 0 unspecified atom stereocenters. The number of aliphatic carboxylic acids is 2. The molecule has 0 aromatic rings. The third kappa shape index (κ3) is 44.9. The topological polar surface area (TPSA) is 115 Å². The Bertz CT molecular complexity index is 586. The number of carbonyl (C=O) groups is 2. The second-order valence-electron chi connectivity index (χ2n) is 14.7. The third-order valence-electron chi connectivity index (χ3n) is 9.63. The molecule has 0 saturated carbocycles. The fourth-order valence-corrected chi connectivity index (χ4v) is 6.30. The Labute approximate surface area is 313 Å². The smallest absolute Gasteiger partial charge is 0.306 e. The zero-order chi connectivity index (χ0) is 38.7. The van der Waals surface area contributed by atoms with Crippen molar-refractivity contribution in [2.45, 2.75) is 235 Å². The molecule has 0 bridgehead atoms. The van der Waals surface area contributed by atoms with E-state index in [4.69, 9.17) is 20.4 Å². The first kappa shape index (κ1) is 55.6. The minimum atomic E-state index is -0.613. The fourth-order valence-electron chi connectivity index (χ4n) is 6.30. The first-order chi connectivity index (χ1) is 24.1. The molecule has 0 rings (SSSR count). The molecule has 6 heteroatoms. The highest BCUT2D eigenvalue weighted by Crippen LogP contribution is 2.18. The van der Waals surface area contributed by atoms with Gasteiger partial charge in [-0.25, -0.2) is 0 Å². The van der Waals surface area contributed by atoms with Crippen LogP contribution in [0.4, 0.5) is 0 Å². The van der Waals surface area contributed by atoms with E-state index in [0.717, 1.165) is 51.4 Å². The Hall–Kier alpha value is -1.14. The highest BCUT2D eigenvalue weighted by atomic mass is 16.4. The fraction of sp³-hybridized carbons (Fsp3) is 0.955. The van der Waals surface area contributed by atoms with Gasteiger partial charge in [-0.1, -0.05) is 184 Å². The zero-order valence-corrected chi connectivity index (χ0v) is 35.1. The van der Waals surface area contributed by atoms with Gasteiger partial charge in [0.05, 0.1) is 11.8 Å². The van der Waals surface area contributed by atoms with Crippen LogP contribution in [-0.2, 0) is 9.59 Å². The van der Waals surface area contributed by atoms with E-state index in [1.165, 1.54) is 128 Å². The van der Waals surface area contributed by atoms with Crippen molar-refractivity contribution in [1.82, 2.24) is 0 Å². The summed E-state index contributed by atoms with van der Waals surface area (Å²) in [4.78, 5) is 21.5. The number of carboxylic acid groups (broad SMARTS) is 2. The van der Waals surface area contributed by atoms with E-state index in [1.807, 2.05) is 13.8 Å². The zero-order valence-electron chi connectivity index (χ0n) is 35.1. The van der Waals surface area contributed by atoms with E-state index in [-0.39, 0.29) is 11.8 Å². The maximum absolute atomic E-state index is 10.8. The van der Waals surface area contributed by atoms with E-state index in [1.54, 1.807) is 0 Å². The normalized spacial score (nSPS) is 13.0. The molecule has 304 valence electrons. The van der Waals surface area contributed by atoms with E-state index in [0.29, 0.717) is 25.0 Å². The summed E-state index contributed by atoms with van der Waals surface area (Å²) >= 11 is 0. The molecule has 0 amide bonds. The lowest BCUT2D eigenvalue weighted by Gasteiger charge is -2.11. The number of aliphatic hydroxyl groups is 2. The van der Waals surface area contributed by atoms with Crippen LogP contribution in [0, 0.1) is 23.7 Å². The molecule has 50 heavy (non-hydrogen) atoms. The number of hydrogen-bond acceptors (Lipinski definition) is 4. The predicted octanol–water partition coefficient (Wildman–Crippen LogP) is 13.6. The first-order valence-corrected chi connectivity index (χ1v) is 21.8. The van der Waals surface area contributed by atoms with Crippen LogP contribution in [0.5, 0.6) is 0 Å². The highest BCUT2D eigenvalue weighted by Gasteiger charge is 2.16. The Morgan fingerprint density at radius 1 is 0.340 bits per heavy atom. The lowest BCUT2D eigenvalue weighted by Crippen LogP contribution is -2.13. The molecule has 0 radical (unpaired) electrons. The van der Waals surface area contributed by atoms with Crippen LogP contribution in [0.2, 0.25) is 0 Å². The van der Waals surface area contributed by atoms with Crippen LogP contribution in [0.3, 0.4) is 0 Å². The predicted molar refractivity (Wildman–Crippen MR) is 218 cm³/mol. The SMILES string of the molecule is CCCCCC[C@@H](CCC)C(=O)O.CCCCCC[C@@H](CO)CCC.CCCCCC[C@H](CCC)C(=O)O.CCCCCC[C@H](CO)CCC. The molecular weight excluding hydrogens is 624 g/mol. The minimum absolute atomic E-state index is 0.0955. The number of hydrogen-bond donors (Lipinski definition) is 4. The van der Waals surface area contributed by atoms with Crippen molar-refractivity contribution in [3.8, 4) is 0 Å². The van der Waals surface area contributed by atoms with Crippen LogP contribution >= 0.6 is 0 Å². The van der Waals surface area contributed by atoms with Crippen molar-refractivity contribution in [2.24, 2.45) is 23.7 Å². The molecule has 0 aliphatic heterocycles. The summed E-state index contributed by atoms with van der Waals surface area (Å²) in [5.41, 5.74) is 0. The lowest BCUT2D eigenvalue weighted by molar-refractivity contribution is -0.143. The number of aliphatic hydroxyl groups excluding tert-OH is 2. The molecule has 6 nitrogen and oxygen atoms in total. The van der Waals surface area contributed by atoms with Gasteiger partial charge in [0.15, 0.2) is 0 Å². The van der Waals surface area contributed by atoms with Crippen molar-refractivity contribution in [3.63, 3.8) is 0 Å². The van der Waals surface area contributed by atoms with E-state index in [9.17, 15) is 9.59 Å². The van der Waals surface area contributed by atoms with E-state index < -0.39 is 11.9 Å². The maximum atomic E-state index is 10.8. The lowest BCUT2D eigenvalue weighted by atomic mass is 9.96. The van der Waals surface area contributed by atoms with Crippen LogP contribution in [0.15, 0.2) is 0 Å². The standard InChI is InChI=1S/2C11H22O2.2C11H24O/c2*1-3-5-6-7-9-10(8-4-2)11(12)13;2*1-3-5-6-7-9-11(10-12)8-4-2/h2*10H,3-9H2,1-2H3,(H,12,13);2*11-12H,3-10H2,1-2H3/t2*10-;2*11-/m1010/s1. The van der Waals surface area contributed by atoms with Gasteiger partial charge >= 0.3 is 11.9 Å². The van der Waals surface area contributed by atoms with Crippen LogP contribution < -0.4 is 0 Å². The summed E-state index contributed by atoms with van der Waals surface area (Å²) in [7, 11) is 0. The number of rotatable bonds is 32. The van der Waals surface area contributed by atoms with Crippen molar-refractivity contribution >= 4 is 11.9 Å². The Morgan fingerprint density at radius 3 is 0.800 bits per heavy atom. The van der Waals surface area contributed by atoms with Crippen LogP contribution in [-0.4, -0.2) is 45.6 Å². The van der Waals surface area contributed by atoms with Crippen molar-refractivity contribution in [3.05, 3.63) is 0 Å². The van der Waals surface area contributed by atoms with Gasteiger partial charge in [-0.05, 0) is 63.2 Å². The Kier molecular flexibility index (Phi) is 53.2. The van der Waals surface area contributed by atoms with Gasteiger partial charge in [-0.15, -0.1) is 0 Å². The molecule has 0 aromatic heterocycles. The average Bonchev–Trinajstić information content (AvgIpc) is 3.11. The van der Waals surface area contributed by atoms with Crippen molar-refractivity contribution in [2.75, 3.05) is 13.2 Å². The van der Waals surface area contributed by atoms with Gasteiger partial charge in [-0.3, -0.25) is 9.59 Å². The van der Waals surface area contributed by atoms with Gasteiger partial charge in [-0.2, -0.15) is 0 Å². The molecule has 4 N–H and O–H groups in total. The monoisotopic (exact) mass is 717 g/mol. The minimum Gasteiger partial charge on any atom is -0.481 e. The third-order valence-corrected chi connectivity index (χ3v) is 9.63. The molecule has 0 spiro atoms. The van der Waals surface area contributed by atoms with E-state index in [2.05, 4.69) is 41.5 Å². The summed E-state index contributed by atoms with van der Waals surface area (Å²) in [5, 5.41) is 35.7. The number of unbranched alkanes of at least 4 members (excludes halogenated alkanes) is 12. The Morgan fingerprint density at radius 2 is 0.600 bits per heavy atom. The number of carboxylic acids is 2. The second-order valence-corrected chi connectivity index (χ2v) is 14.7. The van der Waals surface area contributed by atoms with Gasteiger partial charge in [0.2, 0.25) is 0 Å². The summed E-state index contributed by atoms with van der Waals surface area (Å²) in [6.07, 6.45) is 32.6. The largest absolute Gasteiger partial charge is 0.481 e. The summed E-state index contributed by atoms with van der Waals surface area (Å²) in [6.45, 7) is 18.0. The summed E-state index contributed by atoms with van der Waals surface area (Å²) in [5.74, 6) is -0.265. The second kappa shape index (κ2) is 47.9. The van der Waals surface area contributed by atoms with Crippen LogP contribution in [0.25, 0.3) is 0 Å². The van der Waals surface area contributed by atoms with Gasteiger partial charge < -0.3 is 20.4 Å². The first-order valence-electron chi connectivity index (χ1n) is 21.8. The molecule has 0 aliphatic carbocycles. The molecule has 4 atom stereocenters. The van der Waals surface area contributed by atoms with E-state index >= 15 is 0 Å². The molecular formula is C44H92O6. The van der Waals surface area contributed by atoms with Crippen molar-refractivity contribution < 1.29 is 30.0 Å². The Balaban J connectivity index is -0.000000282. The van der Waals surface area contributed by atoms with Crippen molar-refractivity contribution in [1.29, 1.82) is 0 Å². The molecule has 0 aromatic carbocycles. The molecule has 0 heterocycles. The van der Waals surface area contributed by atoms with Gasteiger partial charge in [0, 0.05) is 13.2 Å². The van der Waals surface area contributed by atoms with Gasteiger partial charge in [0.25, 0.3) is 0 Å².